The first-order valence-electron chi connectivity index (χ1n) is 18.3. The molecule has 11 heteroatoms. The molecule has 254 valence electrons. The number of fused-ring (bicyclic) bond motifs is 1. The predicted octanol–water partition coefficient (Wildman–Crippen LogP) is 7.53. The Kier molecular flexibility index (Phi) is 9.37. The summed E-state index contributed by atoms with van der Waals surface area (Å²) in [5, 5.41) is -0.0189. The number of carbonyl (C=O) groups excluding carboxylic acids is 1. The van der Waals surface area contributed by atoms with Crippen LogP contribution in [0.2, 0.25) is 0 Å². The van der Waals surface area contributed by atoms with Gasteiger partial charge in [-0.15, -0.1) is 0 Å². The van der Waals surface area contributed by atoms with Gasteiger partial charge >= 0.3 is 6.18 Å². The van der Waals surface area contributed by atoms with Gasteiger partial charge in [0.05, 0.1) is 9.68 Å². The van der Waals surface area contributed by atoms with Gasteiger partial charge in [-0.1, -0.05) is 68.0 Å². The molecule has 0 saturated heterocycles. The molecule has 0 aliphatic heterocycles. The lowest BCUT2D eigenvalue weighted by Gasteiger charge is -2.28. The molecule has 0 spiro atoms. The second-order valence-electron chi connectivity index (χ2n) is 11.5. The first-order chi connectivity index (χ1) is 25.0. The smallest absolute Gasteiger partial charge is 0.336 e. The second-order valence-corrected chi connectivity index (χ2v) is 12.3. The van der Waals surface area contributed by atoms with Gasteiger partial charge in [0, 0.05) is 39.3 Å². The Morgan fingerprint density at radius 2 is 1.73 bits per heavy atom. The van der Waals surface area contributed by atoms with E-state index in [9.17, 15) is 27.2 Å². The van der Waals surface area contributed by atoms with Gasteiger partial charge in [-0.2, -0.15) is 18.2 Å². The van der Waals surface area contributed by atoms with E-state index >= 15 is 0 Å². The molecule has 1 amide bonds. The normalized spacial score (nSPS) is 14.6. The Hall–Kier alpha value is -3.96. The van der Waals surface area contributed by atoms with E-state index in [1.165, 1.54) is 29.2 Å². The zero-order chi connectivity index (χ0) is 38.8. The third kappa shape index (κ3) is 8.54. The summed E-state index contributed by atoms with van der Waals surface area (Å²) in [6, 6.07) is 8.37. The summed E-state index contributed by atoms with van der Waals surface area (Å²) in [6.45, 7) is 6.99. The lowest BCUT2D eigenvalue weighted by atomic mass is 9.97. The van der Waals surface area contributed by atoms with E-state index < -0.39 is 34.7 Å². The van der Waals surface area contributed by atoms with Crippen LogP contribution < -0.4 is 5.56 Å². The quantitative estimate of drug-likeness (QED) is 0.0828. The Balaban J connectivity index is 1.52. The van der Waals surface area contributed by atoms with Gasteiger partial charge in [0.2, 0.25) is 5.91 Å². The Bertz CT molecular complexity index is 2010. The second kappa shape index (κ2) is 15.5. The van der Waals surface area contributed by atoms with E-state index in [1.54, 1.807) is 11.5 Å². The maximum absolute atomic E-state index is 14.4. The molecule has 1 aromatic heterocycles. The summed E-state index contributed by atoms with van der Waals surface area (Å²) in [4.78, 5) is 35.2. The molecule has 0 N–H and O–H groups in total. The molecule has 0 unspecified atom stereocenters. The third-order valence-electron chi connectivity index (χ3n) is 8.43. The van der Waals surface area contributed by atoms with Gasteiger partial charge in [0.25, 0.3) is 5.56 Å². The molecule has 0 bridgehead atoms. The third-order valence-corrected chi connectivity index (χ3v) is 9.27. The number of alkyl halides is 3. The minimum Gasteiger partial charge on any atom is -0.336 e. The van der Waals surface area contributed by atoms with Gasteiger partial charge in [0.15, 0.2) is 5.16 Å². The largest absolute Gasteiger partial charge is 0.416 e. The fourth-order valence-electron chi connectivity index (χ4n) is 5.72. The number of aromatic nitrogens is 2. The molecule has 48 heavy (non-hydrogen) atoms. The highest BCUT2D eigenvalue weighted by Gasteiger charge is 2.30. The van der Waals surface area contributed by atoms with E-state index in [-0.39, 0.29) is 70.7 Å². The van der Waals surface area contributed by atoms with Crippen LogP contribution >= 0.6 is 11.8 Å². The van der Waals surface area contributed by atoms with Crippen molar-refractivity contribution in [2.24, 2.45) is 0 Å². The molecule has 4 aromatic rings. The zero-order valence-electron chi connectivity index (χ0n) is 32.0. The molecule has 0 radical (unpaired) electrons. The number of thioether (sulfide) groups is 1. The number of hydrogen-bond donors (Lipinski definition) is 0. The number of nitrogens with zero attached hydrogens (tertiary/aromatic N) is 4. The first kappa shape index (κ1) is 29.0. The highest BCUT2D eigenvalue weighted by Crippen LogP contribution is 2.32. The van der Waals surface area contributed by atoms with Gasteiger partial charge in [-0.05, 0) is 91.4 Å². The van der Waals surface area contributed by atoms with E-state index in [2.05, 4.69) is 9.88 Å². The molecule has 1 heterocycles. The van der Waals surface area contributed by atoms with Crippen molar-refractivity contribution in [3.63, 3.8) is 0 Å². The SMILES string of the molecule is [2H]c1c([2H])c(-c2ccc(C(F)(F)F)cc2)c(C)c([2H])c1CN(CCN(CC)CC)C(=O)Cn1c(SC([2H])([2H])c2ccc(F)cc2)nc(=O)c2c1CCC2. The zero-order valence-corrected chi connectivity index (χ0v) is 27.8. The average Bonchev–Trinajstić information content (AvgIpc) is 3.61. The lowest BCUT2D eigenvalue weighted by Crippen LogP contribution is -2.40. The number of rotatable bonds is 13. The Morgan fingerprint density at radius 1 is 1.02 bits per heavy atom. The van der Waals surface area contributed by atoms with Crippen molar-refractivity contribution < 1.29 is 29.2 Å². The summed E-state index contributed by atoms with van der Waals surface area (Å²) in [7, 11) is 0. The number of amides is 1. The summed E-state index contributed by atoms with van der Waals surface area (Å²) >= 11 is 0.642. The van der Waals surface area contributed by atoms with E-state index in [1.807, 2.05) is 13.8 Å². The number of halogens is 4. The summed E-state index contributed by atoms with van der Waals surface area (Å²) < 4.78 is 99.1. The van der Waals surface area contributed by atoms with Crippen LogP contribution in [0.4, 0.5) is 17.6 Å². The Morgan fingerprint density at radius 3 is 2.40 bits per heavy atom. The van der Waals surface area contributed by atoms with Crippen molar-refractivity contribution in [2.45, 2.75) is 70.2 Å². The number of benzene rings is 3. The van der Waals surface area contributed by atoms with Crippen LogP contribution in [0.5, 0.6) is 0 Å². The van der Waals surface area contributed by atoms with E-state index in [0.717, 1.165) is 24.3 Å². The van der Waals surface area contributed by atoms with Gasteiger partial charge in [0.1, 0.15) is 12.4 Å². The van der Waals surface area contributed by atoms with Crippen molar-refractivity contribution in [2.75, 3.05) is 26.2 Å². The Labute approximate surface area is 289 Å². The topological polar surface area (TPSA) is 58.4 Å². The minimum atomic E-state index is -4.55. The van der Waals surface area contributed by atoms with Crippen LogP contribution in [0.1, 0.15) is 60.6 Å². The van der Waals surface area contributed by atoms with Crippen molar-refractivity contribution in [3.05, 3.63) is 116 Å². The van der Waals surface area contributed by atoms with Crippen LogP contribution in [0.25, 0.3) is 11.1 Å². The molecule has 6 nitrogen and oxygen atoms in total. The molecule has 0 saturated carbocycles. The van der Waals surface area contributed by atoms with Crippen molar-refractivity contribution in [3.8, 4) is 11.1 Å². The van der Waals surface area contributed by atoms with E-state index in [0.29, 0.717) is 61.9 Å². The fraction of sp³-hybridized carbons (Fsp3) is 0.378. The summed E-state index contributed by atoms with van der Waals surface area (Å²) in [5.41, 5.74) is -1.54. The van der Waals surface area contributed by atoms with Crippen molar-refractivity contribution >= 4 is 17.7 Å². The van der Waals surface area contributed by atoms with Crippen molar-refractivity contribution in [1.29, 1.82) is 0 Å². The maximum Gasteiger partial charge on any atom is 0.416 e. The number of likely N-dealkylation sites (N-methyl/N-ethyl adjacent to an activating group) is 1. The van der Waals surface area contributed by atoms with Gasteiger partial charge < -0.3 is 14.4 Å². The summed E-state index contributed by atoms with van der Waals surface area (Å²) in [6.07, 6.45) is -2.99. The maximum atomic E-state index is 14.4. The fourth-order valence-corrected chi connectivity index (χ4v) is 6.47. The molecule has 5 rings (SSSR count). The lowest BCUT2D eigenvalue weighted by molar-refractivity contribution is -0.137. The number of carbonyl (C=O) groups is 1. The average molecular weight is 686 g/mol. The minimum absolute atomic E-state index is 0.0189. The standard InChI is InChI=1S/C37H40F4N4O2S/c1-4-43(5-2)19-20-44(22-27-11-18-31(25(3)21-27)28-12-14-29(15-13-28)37(39,40)41)34(46)23-45-33-8-6-7-32(33)35(47)42-36(45)48-24-26-9-16-30(38)17-10-26/h9-18,21H,4-8,19-20,22-24H2,1-3H3/i11D,18D,21D,24D2. The van der Waals surface area contributed by atoms with Crippen LogP contribution in [0.15, 0.2) is 76.6 Å². The van der Waals surface area contributed by atoms with Crippen LogP contribution in [0, 0.1) is 12.7 Å². The number of hydrogen-bond acceptors (Lipinski definition) is 5. The van der Waals surface area contributed by atoms with Gasteiger partial charge in [-0.25, -0.2) is 4.39 Å². The van der Waals surface area contributed by atoms with Crippen LogP contribution in [0.3, 0.4) is 0 Å². The molecule has 1 aliphatic rings. The highest BCUT2D eigenvalue weighted by atomic mass is 32.2. The van der Waals surface area contributed by atoms with Crippen molar-refractivity contribution in [1.82, 2.24) is 19.4 Å². The molecular weight excluding hydrogens is 640 g/mol. The molecular formula is C37H40F4N4O2S. The molecule has 3 aromatic carbocycles. The predicted molar refractivity (Wildman–Crippen MR) is 181 cm³/mol. The molecule has 0 fully saturated rings. The molecule has 1 aliphatic carbocycles. The first-order valence-corrected chi connectivity index (χ1v) is 16.6. The summed E-state index contributed by atoms with van der Waals surface area (Å²) in [5.74, 6) is -0.984. The molecule has 0 atom stereocenters. The van der Waals surface area contributed by atoms with Gasteiger partial charge in [-0.3, -0.25) is 9.59 Å². The monoisotopic (exact) mass is 685 g/mol. The van der Waals surface area contributed by atoms with Crippen LogP contribution in [-0.2, 0) is 42.6 Å². The van der Waals surface area contributed by atoms with E-state index in [4.69, 9.17) is 6.85 Å². The highest BCUT2D eigenvalue weighted by molar-refractivity contribution is 7.98. The van der Waals surface area contributed by atoms with Crippen LogP contribution in [-0.4, -0.2) is 51.4 Å².